The lowest BCUT2D eigenvalue weighted by atomic mass is 9.88. The van der Waals surface area contributed by atoms with Crippen LogP contribution in [0.25, 0.3) is 0 Å². The zero-order chi connectivity index (χ0) is 16.0. The highest BCUT2D eigenvalue weighted by molar-refractivity contribution is 5.12. The van der Waals surface area contributed by atoms with E-state index in [2.05, 4.69) is 74.5 Å². The van der Waals surface area contributed by atoms with Crippen molar-refractivity contribution in [2.75, 3.05) is 19.6 Å². The maximum Gasteiger partial charge on any atom is 0.0596 e. The Kier molecular flexibility index (Phi) is 6.88. The molecule has 1 rings (SSSR count). The zero-order valence-electron chi connectivity index (χ0n) is 15.0. The van der Waals surface area contributed by atoms with E-state index in [4.69, 9.17) is 0 Å². The Bertz CT molecular complexity index is 418. The SMILES string of the molecule is CCNC(Cc1cc(C)nn1CC)C(C)(C)N(CC)CC. The highest BCUT2D eigenvalue weighted by atomic mass is 15.3. The highest BCUT2D eigenvalue weighted by Gasteiger charge is 2.34. The molecule has 0 radical (unpaired) electrons. The third kappa shape index (κ3) is 4.30. The van der Waals surface area contributed by atoms with Gasteiger partial charge in [0, 0.05) is 30.2 Å². The summed E-state index contributed by atoms with van der Waals surface area (Å²) in [6.45, 7) is 19.7. The molecule has 0 amide bonds. The molecule has 0 saturated carbocycles. The van der Waals surface area contributed by atoms with E-state index in [0.29, 0.717) is 6.04 Å². The summed E-state index contributed by atoms with van der Waals surface area (Å²) in [4.78, 5) is 2.54. The Morgan fingerprint density at radius 3 is 2.33 bits per heavy atom. The first-order valence-corrected chi connectivity index (χ1v) is 8.42. The van der Waals surface area contributed by atoms with Crippen molar-refractivity contribution in [2.45, 2.75) is 73.0 Å². The minimum absolute atomic E-state index is 0.121. The van der Waals surface area contributed by atoms with Crippen LogP contribution in [-0.2, 0) is 13.0 Å². The summed E-state index contributed by atoms with van der Waals surface area (Å²) >= 11 is 0. The molecule has 1 heterocycles. The van der Waals surface area contributed by atoms with Crippen molar-refractivity contribution >= 4 is 0 Å². The van der Waals surface area contributed by atoms with Gasteiger partial charge in [-0.05, 0) is 53.4 Å². The third-order valence-corrected chi connectivity index (χ3v) is 4.58. The van der Waals surface area contributed by atoms with Crippen molar-refractivity contribution in [2.24, 2.45) is 0 Å². The van der Waals surface area contributed by atoms with E-state index in [1.165, 1.54) is 5.69 Å². The fourth-order valence-electron chi connectivity index (χ4n) is 3.32. The molecule has 0 fully saturated rings. The van der Waals surface area contributed by atoms with Crippen molar-refractivity contribution in [3.63, 3.8) is 0 Å². The van der Waals surface area contributed by atoms with Gasteiger partial charge in [0.2, 0.25) is 0 Å². The molecule has 0 aromatic carbocycles. The number of aryl methyl sites for hydroxylation is 2. The molecule has 1 atom stereocenters. The fourth-order valence-corrected chi connectivity index (χ4v) is 3.32. The van der Waals surface area contributed by atoms with Crippen LogP contribution in [0.4, 0.5) is 0 Å². The number of nitrogens with one attached hydrogen (secondary N) is 1. The van der Waals surface area contributed by atoms with Crippen molar-refractivity contribution < 1.29 is 0 Å². The summed E-state index contributed by atoms with van der Waals surface area (Å²) in [6.07, 6.45) is 1.02. The molecule has 1 unspecified atom stereocenters. The van der Waals surface area contributed by atoms with Crippen molar-refractivity contribution in [3.05, 3.63) is 17.5 Å². The standard InChI is InChI=1S/C17H34N4/c1-8-18-16(17(6,7)20(9-2)10-3)13-15-12-14(5)19-21(15)11-4/h12,16,18H,8-11,13H2,1-7H3. The molecule has 0 aliphatic rings. The van der Waals surface area contributed by atoms with Crippen LogP contribution in [0.15, 0.2) is 6.07 Å². The molecule has 4 nitrogen and oxygen atoms in total. The van der Waals surface area contributed by atoms with Gasteiger partial charge in [0.25, 0.3) is 0 Å². The van der Waals surface area contributed by atoms with Gasteiger partial charge in [-0.1, -0.05) is 20.8 Å². The summed E-state index contributed by atoms with van der Waals surface area (Å²) in [5, 5.41) is 8.28. The molecule has 1 aromatic rings. The highest BCUT2D eigenvalue weighted by Crippen LogP contribution is 2.22. The van der Waals surface area contributed by atoms with Crippen LogP contribution in [0, 0.1) is 6.92 Å². The van der Waals surface area contributed by atoms with E-state index in [1.807, 2.05) is 0 Å². The summed E-state index contributed by atoms with van der Waals surface area (Å²) < 4.78 is 2.14. The number of nitrogens with zero attached hydrogens (tertiary/aromatic N) is 3. The molecule has 1 aromatic heterocycles. The predicted octanol–water partition coefficient (Wildman–Crippen LogP) is 2.85. The van der Waals surface area contributed by atoms with Crippen molar-refractivity contribution in [3.8, 4) is 0 Å². The minimum Gasteiger partial charge on any atom is -0.312 e. The van der Waals surface area contributed by atoms with Crippen LogP contribution in [0.3, 0.4) is 0 Å². The van der Waals surface area contributed by atoms with E-state index in [0.717, 1.165) is 38.3 Å². The van der Waals surface area contributed by atoms with Gasteiger partial charge in [-0.25, -0.2) is 0 Å². The smallest absolute Gasteiger partial charge is 0.0596 e. The lowest BCUT2D eigenvalue weighted by molar-refractivity contribution is 0.0909. The Morgan fingerprint density at radius 1 is 1.24 bits per heavy atom. The Hall–Kier alpha value is -0.870. The largest absolute Gasteiger partial charge is 0.312 e. The molecular formula is C17H34N4. The monoisotopic (exact) mass is 294 g/mol. The van der Waals surface area contributed by atoms with E-state index >= 15 is 0 Å². The normalized spacial score (nSPS) is 13.9. The molecule has 0 aliphatic heterocycles. The Balaban J connectivity index is 3.00. The molecule has 1 N–H and O–H groups in total. The van der Waals surface area contributed by atoms with Gasteiger partial charge < -0.3 is 5.32 Å². The lowest BCUT2D eigenvalue weighted by Crippen LogP contribution is -2.58. The first-order chi connectivity index (χ1) is 9.90. The number of hydrogen-bond acceptors (Lipinski definition) is 3. The Labute approximate surface area is 130 Å². The third-order valence-electron chi connectivity index (χ3n) is 4.58. The Morgan fingerprint density at radius 2 is 1.86 bits per heavy atom. The second-order valence-corrected chi connectivity index (χ2v) is 6.23. The predicted molar refractivity (Wildman–Crippen MR) is 90.8 cm³/mol. The van der Waals surface area contributed by atoms with Gasteiger partial charge in [0.05, 0.1) is 5.69 Å². The van der Waals surface area contributed by atoms with Crippen LogP contribution in [0.5, 0.6) is 0 Å². The number of rotatable bonds is 9. The van der Waals surface area contributed by atoms with Crippen LogP contribution in [0.2, 0.25) is 0 Å². The molecule has 21 heavy (non-hydrogen) atoms. The van der Waals surface area contributed by atoms with Gasteiger partial charge in [0.15, 0.2) is 0 Å². The van der Waals surface area contributed by atoms with Gasteiger partial charge in [-0.2, -0.15) is 5.10 Å². The first-order valence-electron chi connectivity index (χ1n) is 8.42. The van der Waals surface area contributed by atoms with Crippen LogP contribution in [-0.4, -0.2) is 45.9 Å². The number of hydrogen-bond donors (Lipinski definition) is 1. The number of aromatic nitrogens is 2. The minimum atomic E-state index is 0.121. The summed E-state index contributed by atoms with van der Waals surface area (Å²) in [5.41, 5.74) is 2.57. The van der Waals surface area contributed by atoms with Gasteiger partial charge >= 0.3 is 0 Å². The van der Waals surface area contributed by atoms with Gasteiger partial charge in [0.1, 0.15) is 0 Å². The van der Waals surface area contributed by atoms with E-state index in [-0.39, 0.29) is 5.54 Å². The van der Waals surface area contributed by atoms with Crippen molar-refractivity contribution in [1.29, 1.82) is 0 Å². The molecular weight excluding hydrogens is 260 g/mol. The van der Waals surface area contributed by atoms with Crippen LogP contribution in [0.1, 0.15) is 52.9 Å². The maximum absolute atomic E-state index is 4.58. The molecule has 0 saturated heterocycles. The number of likely N-dealkylation sites (N-methyl/N-ethyl adjacent to an activating group) is 2. The average molecular weight is 294 g/mol. The molecule has 0 spiro atoms. The van der Waals surface area contributed by atoms with Crippen LogP contribution < -0.4 is 5.32 Å². The average Bonchev–Trinajstić information content (AvgIpc) is 2.79. The van der Waals surface area contributed by atoms with E-state index in [9.17, 15) is 0 Å². The lowest BCUT2D eigenvalue weighted by Gasteiger charge is -2.44. The fraction of sp³-hybridized carbons (Fsp3) is 0.824. The quantitative estimate of drug-likeness (QED) is 0.760. The second-order valence-electron chi connectivity index (χ2n) is 6.23. The summed E-state index contributed by atoms with van der Waals surface area (Å²) in [7, 11) is 0. The molecule has 122 valence electrons. The van der Waals surface area contributed by atoms with Gasteiger partial charge in [-0.3, -0.25) is 9.58 Å². The van der Waals surface area contributed by atoms with E-state index < -0.39 is 0 Å². The maximum atomic E-state index is 4.58. The van der Waals surface area contributed by atoms with Crippen LogP contribution >= 0.6 is 0 Å². The van der Waals surface area contributed by atoms with Gasteiger partial charge in [-0.15, -0.1) is 0 Å². The molecule has 0 aliphatic carbocycles. The molecule has 4 heteroatoms. The zero-order valence-corrected chi connectivity index (χ0v) is 15.0. The summed E-state index contributed by atoms with van der Waals surface area (Å²) in [6, 6.07) is 2.65. The molecule has 0 bridgehead atoms. The summed E-state index contributed by atoms with van der Waals surface area (Å²) in [5.74, 6) is 0. The van der Waals surface area contributed by atoms with Crippen molar-refractivity contribution in [1.82, 2.24) is 20.0 Å². The first kappa shape index (κ1) is 18.2. The topological polar surface area (TPSA) is 33.1 Å². The second kappa shape index (κ2) is 7.95. The van der Waals surface area contributed by atoms with E-state index in [1.54, 1.807) is 0 Å².